The average Bonchev–Trinajstić information content (AvgIpc) is 2.89. The van der Waals surface area contributed by atoms with Crippen molar-refractivity contribution < 1.29 is 23.8 Å². The first-order valence-electron chi connectivity index (χ1n) is 12.0. The number of carbonyl (C=O) groups excluding carboxylic acids is 2. The molecule has 0 spiro atoms. The number of amides is 1. The zero-order valence-electron chi connectivity index (χ0n) is 21.8. The fraction of sp³-hybridized carbons (Fsp3) is 0.462. The molecule has 38 heavy (non-hydrogen) atoms. The van der Waals surface area contributed by atoms with Gasteiger partial charge in [-0.2, -0.15) is 0 Å². The van der Waals surface area contributed by atoms with E-state index in [9.17, 15) is 9.59 Å². The van der Waals surface area contributed by atoms with E-state index < -0.39 is 0 Å². The molecule has 0 bridgehead atoms. The number of carbonyl (C=O) groups is 2. The molecule has 3 rings (SSSR count). The zero-order valence-corrected chi connectivity index (χ0v) is 24.2. The van der Waals surface area contributed by atoms with E-state index in [1.807, 2.05) is 12.1 Å². The molecule has 1 heterocycles. The molecule has 4 N–H and O–H groups in total. The molecule has 12 heteroatoms. The van der Waals surface area contributed by atoms with Gasteiger partial charge in [0.15, 0.2) is 0 Å². The second-order valence-electron chi connectivity index (χ2n) is 8.61. The Morgan fingerprint density at radius 2 is 1.87 bits per heavy atom. The number of hydrogen-bond acceptors (Lipinski definition) is 8. The highest BCUT2D eigenvalue weighted by Gasteiger charge is 2.31. The first kappa shape index (κ1) is 33.8. The van der Waals surface area contributed by atoms with Crippen LogP contribution in [0.15, 0.2) is 36.4 Å². The third kappa shape index (κ3) is 9.18. The van der Waals surface area contributed by atoms with Crippen molar-refractivity contribution in [1.82, 2.24) is 15.5 Å². The Labute approximate surface area is 241 Å². The SMILES string of the molecule is CCOC(=O)c1ccc(CNCCN2CC[C@@H](NC(=O)c3cc(Cl)c(N)cc3OC)[C@@H](OC)C2)cc1.Cl.Cl. The molecular weight excluding hydrogens is 555 g/mol. The van der Waals surface area contributed by atoms with Gasteiger partial charge in [0, 0.05) is 45.9 Å². The fourth-order valence-electron chi connectivity index (χ4n) is 4.19. The predicted molar refractivity (Wildman–Crippen MR) is 154 cm³/mol. The molecule has 212 valence electrons. The summed E-state index contributed by atoms with van der Waals surface area (Å²) in [6, 6.07) is 10.4. The minimum atomic E-state index is -0.305. The molecule has 9 nitrogen and oxygen atoms in total. The van der Waals surface area contributed by atoms with Gasteiger partial charge in [-0.05, 0) is 37.1 Å². The number of anilines is 1. The Morgan fingerprint density at radius 3 is 2.50 bits per heavy atom. The first-order chi connectivity index (χ1) is 17.4. The number of rotatable bonds is 11. The number of likely N-dealkylation sites (tertiary alicyclic amines) is 1. The summed E-state index contributed by atoms with van der Waals surface area (Å²) in [4.78, 5) is 27.0. The lowest BCUT2D eigenvalue weighted by atomic mass is 10.0. The van der Waals surface area contributed by atoms with Crippen LogP contribution in [-0.4, -0.2) is 75.9 Å². The van der Waals surface area contributed by atoms with Gasteiger partial charge in [0.25, 0.3) is 5.91 Å². The van der Waals surface area contributed by atoms with Crippen molar-refractivity contribution >= 4 is 54.0 Å². The highest BCUT2D eigenvalue weighted by Crippen LogP contribution is 2.29. The third-order valence-corrected chi connectivity index (χ3v) is 6.55. The number of nitrogens with one attached hydrogen (secondary N) is 2. The molecule has 0 aromatic heterocycles. The van der Waals surface area contributed by atoms with E-state index in [4.69, 9.17) is 31.5 Å². The zero-order chi connectivity index (χ0) is 26.1. The van der Waals surface area contributed by atoms with Crippen LogP contribution in [0.1, 0.15) is 39.6 Å². The number of methoxy groups -OCH3 is 2. The first-order valence-corrected chi connectivity index (χ1v) is 12.4. The minimum absolute atomic E-state index is 0. The summed E-state index contributed by atoms with van der Waals surface area (Å²) >= 11 is 6.12. The van der Waals surface area contributed by atoms with Crippen LogP contribution in [0.2, 0.25) is 5.02 Å². The molecule has 1 aliphatic heterocycles. The lowest BCUT2D eigenvalue weighted by Crippen LogP contribution is -2.55. The average molecular weight is 592 g/mol. The molecular formula is C26H37Cl3N4O5. The standard InChI is InChI=1S/C26H35ClN4O5.2ClH/c1-4-36-26(33)18-7-5-17(6-8-18)15-29-10-12-31-11-9-22(24(16-31)35-3)30-25(32)19-13-20(27)21(28)14-23(19)34-2;;/h5-8,13-14,22,24,29H,4,9-12,15-16,28H2,1-3H3,(H,30,32);2*1H/t22-,24+;;/m1../s1. The Balaban J connectivity index is 0.00000361. The highest BCUT2D eigenvalue weighted by molar-refractivity contribution is 6.33. The number of nitrogen functional groups attached to an aromatic ring is 1. The normalized spacial score (nSPS) is 17.1. The topological polar surface area (TPSA) is 115 Å². The maximum absolute atomic E-state index is 12.9. The number of nitrogens with two attached hydrogens (primary N) is 1. The summed E-state index contributed by atoms with van der Waals surface area (Å²) in [6.07, 6.45) is 0.610. The Bertz CT molecular complexity index is 1040. The van der Waals surface area contributed by atoms with Crippen LogP contribution in [0, 0.1) is 0 Å². The van der Waals surface area contributed by atoms with Crippen molar-refractivity contribution in [3.05, 3.63) is 58.1 Å². The van der Waals surface area contributed by atoms with Crippen molar-refractivity contribution in [2.45, 2.75) is 32.0 Å². The maximum Gasteiger partial charge on any atom is 0.338 e. The quantitative estimate of drug-likeness (QED) is 0.206. The van der Waals surface area contributed by atoms with E-state index in [0.717, 1.165) is 31.6 Å². The van der Waals surface area contributed by atoms with Crippen LogP contribution in [0.25, 0.3) is 0 Å². The molecule has 2 aromatic carbocycles. The molecule has 2 aromatic rings. The second kappa shape index (κ2) is 16.6. The second-order valence-corrected chi connectivity index (χ2v) is 9.02. The Hall–Kier alpha value is -2.27. The monoisotopic (exact) mass is 590 g/mol. The van der Waals surface area contributed by atoms with E-state index in [2.05, 4.69) is 15.5 Å². The summed E-state index contributed by atoms with van der Waals surface area (Å²) in [5.74, 6) is -0.201. The number of esters is 1. The van der Waals surface area contributed by atoms with Gasteiger partial charge >= 0.3 is 5.97 Å². The maximum atomic E-state index is 12.9. The van der Waals surface area contributed by atoms with E-state index in [1.54, 1.807) is 32.2 Å². The number of halogens is 3. The van der Waals surface area contributed by atoms with Crippen LogP contribution < -0.4 is 21.1 Å². The fourth-order valence-corrected chi connectivity index (χ4v) is 4.36. The van der Waals surface area contributed by atoms with Crippen LogP contribution in [-0.2, 0) is 16.0 Å². The summed E-state index contributed by atoms with van der Waals surface area (Å²) in [7, 11) is 3.15. The minimum Gasteiger partial charge on any atom is -0.496 e. The molecule has 2 atom stereocenters. The summed E-state index contributed by atoms with van der Waals surface area (Å²) in [6.45, 7) is 6.05. The van der Waals surface area contributed by atoms with Gasteiger partial charge in [-0.25, -0.2) is 4.79 Å². The van der Waals surface area contributed by atoms with Gasteiger partial charge in [-0.15, -0.1) is 24.8 Å². The van der Waals surface area contributed by atoms with E-state index in [1.165, 1.54) is 13.2 Å². The number of benzene rings is 2. The van der Waals surface area contributed by atoms with Crippen molar-refractivity contribution in [2.75, 3.05) is 52.7 Å². The van der Waals surface area contributed by atoms with Gasteiger partial charge in [-0.3, -0.25) is 9.69 Å². The molecule has 0 aliphatic carbocycles. The van der Waals surface area contributed by atoms with Crippen molar-refractivity contribution in [1.29, 1.82) is 0 Å². The van der Waals surface area contributed by atoms with Crippen molar-refractivity contribution in [3.63, 3.8) is 0 Å². The molecule has 1 fully saturated rings. The number of hydrogen-bond donors (Lipinski definition) is 3. The summed E-state index contributed by atoms with van der Waals surface area (Å²) in [5, 5.41) is 6.81. The predicted octanol–water partition coefficient (Wildman–Crippen LogP) is 3.56. The molecule has 1 amide bonds. The summed E-state index contributed by atoms with van der Waals surface area (Å²) in [5.41, 5.74) is 8.17. The van der Waals surface area contributed by atoms with E-state index >= 15 is 0 Å². The van der Waals surface area contributed by atoms with E-state index in [-0.39, 0.29) is 48.8 Å². The van der Waals surface area contributed by atoms with Gasteiger partial charge < -0.3 is 30.6 Å². The van der Waals surface area contributed by atoms with Gasteiger partial charge in [0.2, 0.25) is 0 Å². The third-order valence-electron chi connectivity index (χ3n) is 6.22. The Kier molecular flexibility index (Phi) is 14.8. The molecule has 0 radical (unpaired) electrons. The van der Waals surface area contributed by atoms with Crippen LogP contribution in [0.4, 0.5) is 5.69 Å². The van der Waals surface area contributed by atoms with Gasteiger partial charge in [0.05, 0.1) is 47.7 Å². The van der Waals surface area contributed by atoms with Crippen LogP contribution in [0.5, 0.6) is 5.75 Å². The van der Waals surface area contributed by atoms with Crippen LogP contribution in [0.3, 0.4) is 0 Å². The van der Waals surface area contributed by atoms with Crippen LogP contribution >= 0.6 is 36.4 Å². The summed E-state index contributed by atoms with van der Waals surface area (Å²) < 4.78 is 16.0. The molecule has 1 saturated heterocycles. The molecule has 0 unspecified atom stereocenters. The number of nitrogens with zero attached hydrogens (tertiary/aromatic N) is 1. The van der Waals surface area contributed by atoms with Crippen molar-refractivity contribution in [3.8, 4) is 5.75 Å². The molecule has 0 saturated carbocycles. The largest absolute Gasteiger partial charge is 0.496 e. The number of piperidine rings is 1. The molecule has 1 aliphatic rings. The van der Waals surface area contributed by atoms with Gasteiger partial charge in [-0.1, -0.05) is 23.7 Å². The lowest BCUT2D eigenvalue weighted by molar-refractivity contribution is 0.00677. The van der Waals surface area contributed by atoms with Crippen molar-refractivity contribution in [2.24, 2.45) is 0 Å². The highest BCUT2D eigenvalue weighted by atomic mass is 35.5. The smallest absolute Gasteiger partial charge is 0.338 e. The van der Waals surface area contributed by atoms with Gasteiger partial charge in [0.1, 0.15) is 5.75 Å². The van der Waals surface area contributed by atoms with E-state index in [0.29, 0.717) is 47.3 Å². The number of ether oxygens (including phenoxy) is 3. The Morgan fingerprint density at radius 1 is 1.16 bits per heavy atom. The lowest BCUT2D eigenvalue weighted by Gasteiger charge is -2.38.